The molecule has 0 fully saturated rings. The van der Waals surface area contributed by atoms with E-state index in [1.807, 2.05) is 6.92 Å². The van der Waals surface area contributed by atoms with E-state index < -0.39 is 24.4 Å². The van der Waals surface area contributed by atoms with Crippen LogP contribution >= 0.6 is 27.5 Å². The van der Waals surface area contributed by atoms with Gasteiger partial charge in [-0.3, -0.25) is 14.4 Å². The number of amides is 2. The molecule has 0 aromatic heterocycles. The molecule has 2 amide bonds. The van der Waals surface area contributed by atoms with Crippen molar-refractivity contribution in [1.29, 1.82) is 0 Å². The SMILES string of the molecule is Cc1ccc(NC(=O)COC(=O)CNC(=O)c2cccc(Br)c2)c(Cl)c1. The maximum Gasteiger partial charge on any atom is 0.325 e. The molecule has 2 N–H and O–H groups in total. The lowest BCUT2D eigenvalue weighted by Gasteiger charge is -2.09. The summed E-state index contributed by atoms with van der Waals surface area (Å²) in [5, 5.41) is 5.37. The van der Waals surface area contributed by atoms with E-state index in [4.69, 9.17) is 16.3 Å². The molecule has 6 nitrogen and oxygen atoms in total. The Hall–Kier alpha value is -2.38. The molecule has 2 aromatic rings. The lowest BCUT2D eigenvalue weighted by molar-refractivity contribution is -0.146. The fourth-order valence-electron chi connectivity index (χ4n) is 1.99. The first-order chi connectivity index (χ1) is 12.3. The minimum atomic E-state index is -0.724. The molecule has 2 rings (SSSR count). The maximum atomic E-state index is 11.9. The van der Waals surface area contributed by atoms with Crippen LogP contribution in [0.15, 0.2) is 46.9 Å². The van der Waals surface area contributed by atoms with Crippen LogP contribution in [0.2, 0.25) is 5.02 Å². The minimum Gasteiger partial charge on any atom is -0.454 e. The Bertz CT molecular complexity index is 842. The second kappa shape index (κ2) is 9.35. The summed E-state index contributed by atoms with van der Waals surface area (Å²) in [4.78, 5) is 35.4. The van der Waals surface area contributed by atoms with Gasteiger partial charge >= 0.3 is 5.97 Å². The topological polar surface area (TPSA) is 84.5 Å². The number of ether oxygens (including phenoxy) is 1. The van der Waals surface area contributed by atoms with Crippen molar-refractivity contribution in [2.45, 2.75) is 6.92 Å². The molecule has 0 heterocycles. The van der Waals surface area contributed by atoms with Crippen molar-refractivity contribution in [3.8, 4) is 0 Å². The Balaban J connectivity index is 1.76. The van der Waals surface area contributed by atoms with E-state index in [-0.39, 0.29) is 6.54 Å². The number of carbonyl (C=O) groups is 3. The summed E-state index contributed by atoms with van der Waals surface area (Å²) in [6.07, 6.45) is 0. The Morgan fingerprint density at radius 3 is 2.62 bits per heavy atom. The highest BCUT2D eigenvalue weighted by Crippen LogP contribution is 2.22. The molecule has 0 aliphatic rings. The molecule has 0 bridgehead atoms. The summed E-state index contributed by atoms with van der Waals surface area (Å²) < 4.78 is 5.58. The van der Waals surface area contributed by atoms with Gasteiger partial charge in [0.1, 0.15) is 6.54 Å². The van der Waals surface area contributed by atoms with E-state index in [1.54, 1.807) is 42.5 Å². The molecule has 0 aliphatic heterocycles. The van der Waals surface area contributed by atoms with Gasteiger partial charge in [-0.25, -0.2) is 0 Å². The number of rotatable bonds is 6. The molecule has 0 unspecified atom stereocenters. The van der Waals surface area contributed by atoms with Crippen molar-refractivity contribution in [1.82, 2.24) is 5.32 Å². The molecule has 0 aliphatic carbocycles. The predicted molar refractivity (Wildman–Crippen MR) is 102 cm³/mol. The van der Waals surface area contributed by atoms with Crippen LogP contribution in [0.25, 0.3) is 0 Å². The number of hydrogen-bond acceptors (Lipinski definition) is 4. The first-order valence-electron chi connectivity index (χ1n) is 7.60. The number of hydrogen-bond donors (Lipinski definition) is 2. The van der Waals surface area contributed by atoms with Crippen LogP contribution in [-0.4, -0.2) is 30.9 Å². The molecule has 8 heteroatoms. The van der Waals surface area contributed by atoms with Crippen LogP contribution < -0.4 is 10.6 Å². The van der Waals surface area contributed by atoms with Crippen molar-refractivity contribution in [3.63, 3.8) is 0 Å². The van der Waals surface area contributed by atoms with Gasteiger partial charge in [0, 0.05) is 10.0 Å². The Labute approximate surface area is 164 Å². The van der Waals surface area contributed by atoms with Crippen LogP contribution in [0.4, 0.5) is 5.69 Å². The summed E-state index contributed by atoms with van der Waals surface area (Å²) in [7, 11) is 0. The standard InChI is InChI=1S/C18H16BrClN2O4/c1-11-5-6-15(14(20)7-11)22-16(23)10-26-17(24)9-21-18(25)12-3-2-4-13(19)8-12/h2-8H,9-10H2,1H3,(H,21,25)(H,22,23). The Kier molecular flexibility index (Phi) is 7.17. The van der Waals surface area contributed by atoms with Gasteiger partial charge in [0.05, 0.1) is 10.7 Å². The van der Waals surface area contributed by atoms with Crippen LogP contribution in [-0.2, 0) is 14.3 Å². The highest BCUT2D eigenvalue weighted by molar-refractivity contribution is 9.10. The van der Waals surface area contributed by atoms with E-state index in [9.17, 15) is 14.4 Å². The summed E-state index contributed by atoms with van der Waals surface area (Å²) in [5.41, 5.74) is 1.79. The van der Waals surface area contributed by atoms with Crippen molar-refractivity contribution in [2.75, 3.05) is 18.5 Å². The third-order valence-electron chi connectivity index (χ3n) is 3.24. The third-order valence-corrected chi connectivity index (χ3v) is 4.05. The summed E-state index contributed by atoms with van der Waals surface area (Å²) >= 11 is 9.28. The first kappa shape index (κ1) is 19.9. The largest absolute Gasteiger partial charge is 0.454 e. The average Bonchev–Trinajstić information content (AvgIpc) is 2.60. The number of nitrogens with one attached hydrogen (secondary N) is 2. The van der Waals surface area contributed by atoms with E-state index in [0.29, 0.717) is 16.3 Å². The van der Waals surface area contributed by atoms with Gasteiger partial charge in [-0.2, -0.15) is 0 Å². The molecular weight excluding hydrogens is 424 g/mol. The number of aryl methyl sites for hydroxylation is 1. The fourth-order valence-corrected chi connectivity index (χ4v) is 2.67. The minimum absolute atomic E-state index is 0.343. The fraction of sp³-hybridized carbons (Fsp3) is 0.167. The average molecular weight is 440 g/mol. The van der Waals surface area contributed by atoms with E-state index in [2.05, 4.69) is 26.6 Å². The molecule has 26 heavy (non-hydrogen) atoms. The third kappa shape index (κ3) is 6.16. The summed E-state index contributed by atoms with van der Waals surface area (Å²) in [6.45, 7) is 1.06. The number of carbonyl (C=O) groups excluding carboxylic acids is 3. The smallest absolute Gasteiger partial charge is 0.325 e. The van der Waals surface area contributed by atoms with Crippen LogP contribution in [0.3, 0.4) is 0 Å². The Morgan fingerprint density at radius 2 is 1.92 bits per heavy atom. The predicted octanol–water partition coefficient (Wildman–Crippen LogP) is 3.32. The van der Waals surface area contributed by atoms with Gasteiger partial charge in [0.25, 0.3) is 11.8 Å². The van der Waals surface area contributed by atoms with Crippen LogP contribution in [0, 0.1) is 6.92 Å². The zero-order valence-corrected chi connectivity index (χ0v) is 16.2. The second-order valence-electron chi connectivity index (χ2n) is 5.39. The molecule has 2 aromatic carbocycles. The van der Waals surface area contributed by atoms with Crippen LogP contribution in [0.5, 0.6) is 0 Å². The van der Waals surface area contributed by atoms with Gasteiger partial charge in [0.15, 0.2) is 6.61 Å². The second-order valence-corrected chi connectivity index (χ2v) is 6.71. The van der Waals surface area contributed by atoms with E-state index in [1.165, 1.54) is 0 Å². The highest BCUT2D eigenvalue weighted by Gasteiger charge is 2.12. The van der Waals surface area contributed by atoms with Crippen molar-refractivity contribution in [3.05, 3.63) is 63.1 Å². The molecule has 136 valence electrons. The molecule has 0 spiro atoms. The Morgan fingerprint density at radius 1 is 1.15 bits per heavy atom. The molecular formula is C18H16BrClN2O4. The molecule has 0 radical (unpaired) electrons. The van der Waals surface area contributed by atoms with Crippen molar-refractivity contribution in [2.24, 2.45) is 0 Å². The number of halogens is 2. The number of anilines is 1. The maximum absolute atomic E-state index is 11.9. The van der Waals surface area contributed by atoms with Gasteiger partial charge in [0.2, 0.25) is 0 Å². The van der Waals surface area contributed by atoms with E-state index >= 15 is 0 Å². The van der Waals surface area contributed by atoms with Crippen LogP contribution in [0.1, 0.15) is 15.9 Å². The monoisotopic (exact) mass is 438 g/mol. The molecule has 0 atom stereocenters. The zero-order valence-electron chi connectivity index (χ0n) is 13.8. The number of esters is 1. The van der Waals surface area contributed by atoms with Crippen molar-refractivity contribution < 1.29 is 19.1 Å². The van der Waals surface area contributed by atoms with Crippen molar-refractivity contribution >= 4 is 51.0 Å². The zero-order chi connectivity index (χ0) is 19.1. The normalized spacial score (nSPS) is 10.1. The quantitative estimate of drug-likeness (QED) is 0.676. The first-order valence-corrected chi connectivity index (χ1v) is 8.77. The summed E-state index contributed by atoms with van der Waals surface area (Å²) in [5.74, 6) is -1.67. The highest BCUT2D eigenvalue weighted by atomic mass is 79.9. The molecule has 0 saturated carbocycles. The summed E-state index contributed by atoms with van der Waals surface area (Å²) in [6, 6.07) is 11.9. The van der Waals surface area contributed by atoms with Gasteiger partial charge in [-0.05, 0) is 42.8 Å². The van der Waals surface area contributed by atoms with Gasteiger partial charge < -0.3 is 15.4 Å². The van der Waals surface area contributed by atoms with Gasteiger partial charge in [-0.1, -0.05) is 39.7 Å². The molecule has 0 saturated heterocycles. The van der Waals surface area contributed by atoms with Gasteiger partial charge in [-0.15, -0.1) is 0 Å². The number of benzene rings is 2. The van der Waals surface area contributed by atoms with E-state index in [0.717, 1.165) is 10.0 Å². The lowest BCUT2D eigenvalue weighted by Crippen LogP contribution is -2.32. The lowest BCUT2D eigenvalue weighted by atomic mass is 10.2.